The number of H-pyrrole nitrogens is 1. The Morgan fingerprint density at radius 2 is 2.43 bits per heavy atom. The summed E-state index contributed by atoms with van der Waals surface area (Å²) in [6.07, 6.45) is 4.54. The molecule has 0 saturated carbocycles. The van der Waals surface area contributed by atoms with Crippen molar-refractivity contribution < 1.29 is 9.32 Å². The second kappa shape index (κ2) is 5.71. The SMILES string of the molecule is CCc1noc(C)c1C(=O)N1CCCC(c2ccn[nH]2)C1. The van der Waals surface area contributed by atoms with Gasteiger partial charge in [-0.2, -0.15) is 5.10 Å². The number of amides is 1. The van der Waals surface area contributed by atoms with E-state index in [-0.39, 0.29) is 5.91 Å². The third-order valence-electron chi connectivity index (χ3n) is 4.15. The molecule has 112 valence electrons. The molecule has 0 radical (unpaired) electrons. The van der Waals surface area contributed by atoms with E-state index in [9.17, 15) is 4.79 Å². The van der Waals surface area contributed by atoms with Gasteiger partial charge in [-0.1, -0.05) is 12.1 Å². The standard InChI is InChI=1S/C15H20N4O2/c1-3-12-14(10(2)21-18-12)15(20)19-8-4-5-11(9-19)13-6-7-16-17-13/h6-7,11H,3-5,8-9H2,1-2H3,(H,16,17). The quantitative estimate of drug-likeness (QED) is 0.940. The number of piperidine rings is 1. The van der Waals surface area contributed by atoms with Crippen LogP contribution in [0, 0.1) is 6.92 Å². The number of aromatic nitrogens is 3. The molecule has 2 aromatic heterocycles. The average Bonchev–Trinajstić information content (AvgIpc) is 3.16. The van der Waals surface area contributed by atoms with Crippen LogP contribution in [0.15, 0.2) is 16.8 Å². The Hall–Kier alpha value is -2.11. The second-order valence-electron chi connectivity index (χ2n) is 5.52. The van der Waals surface area contributed by atoms with Gasteiger partial charge < -0.3 is 9.42 Å². The average molecular weight is 288 g/mol. The monoisotopic (exact) mass is 288 g/mol. The smallest absolute Gasteiger partial charge is 0.259 e. The zero-order valence-corrected chi connectivity index (χ0v) is 12.4. The summed E-state index contributed by atoms with van der Waals surface area (Å²) < 4.78 is 5.18. The highest BCUT2D eigenvalue weighted by molar-refractivity contribution is 5.96. The molecule has 1 fully saturated rings. The Labute approximate surface area is 123 Å². The maximum Gasteiger partial charge on any atom is 0.259 e. The molecule has 6 nitrogen and oxygen atoms in total. The number of hydrogen-bond donors (Lipinski definition) is 1. The molecule has 6 heteroatoms. The zero-order valence-electron chi connectivity index (χ0n) is 12.4. The summed E-state index contributed by atoms with van der Waals surface area (Å²) >= 11 is 0. The fraction of sp³-hybridized carbons (Fsp3) is 0.533. The third kappa shape index (κ3) is 2.57. The predicted molar refractivity (Wildman–Crippen MR) is 77.1 cm³/mol. The van der Waals surface area contributed by atoms with Crippen molar-refractivity contribution in [2.75, 3.05) is 13.1 Å². The maximum absolute atomic E-state index is 12.8. The number of nitrogens with one attached hydrogen (secondary N) is 1. The maximum atomic E-state index is 12.8. The Bertz CT molecular complexity index is 618. The number of carbonyl (C=O) groups is 1. The number of nitrogens with zero attached hydrogens (tertiary/aromatic N) is 3. The van der Waals surface area contributed by atoms with E-state index in [1.165, 1.54) is 0 Å². The summed E-state index contributed by atoms with van der Waals surface area (Å²) in [6, 6.07) is 1.99. The number of rotatable bonds is 3. The number of aromatic amines is 1. The van der Waals surface area contributed by atoms with Crippen molar-refractivity contribution in [3.05, 3.63) is 35.0 Å². The summed E-state index contributed by atoms with van der Waals surface area (Å²) in [4.78, 5) is 14.7. The van der Waals surface area contributed by atoms with Gasteiger partial charge in [0, 0.05) is 30.9 Å². The minimum atomic E-state index is 0.0369. The number of aryl methyl sites for hydroxylation is 2. The predicted octanol–water partition coefficient (Wildman–Crippen LogP) is 2.29. The topological polar surface area (TPSA) is 75.0 Å². The van der Waals surface area contributed by atoms with E-state index in [2.05, 4.69) is 15.4 Å². The number of likely N-dealkylation sites (tertiary alicyclic amines) is 1. The highest BCUT2D eigenvalue weighted by Gasteiger charge is 2.29. The van der Waals surface area contributed by atoms with Gasteiger partial charge in [0.25, 0.3) is 5.91 Å². The Kier molecular flexibility index (Phi) is 3.77. The lowest BCUT2D eigenvalue weighted by Gasteiger charge is -2.32. The Morgan fingerprint density at radius 1 is 1.57 bits per heavy atom. The molecule has 21 heavy (non-hydrogen) atoms. The van der Waals surface area contributed by atoms with Crippen LogP contribution >= 0.6 is 0 Å². The highest BCUT2D eigenvalue weighted by atomic mass is 16.5. The van der Waals surface area contributed by atoms with Crippen LogP contribution in [0.2, 0.25) is 0 Å². The summed E-state index contributed by atoms with van der Waals surface area (Å²) in [5, 5.41) is 11.0. The lowest BCUT2D eigenvalue weighted by atomic mass is 9.94. The molecule has 3 heterocycles. The van der Waals surface area contributed by atoms with Crippen molar-refractivity contribution in [1.29, 1.82) is 0 Å². The fourth-order valence-corrected chi connectivity index (χ4v) is 3.00. The summed E-state index contributed by atoms with van der Waals surface area (Å²) in [7, 11) is 0. The minimum absolute atomic E-state index is 0.0369. The van der Waals surface area contributed by atoms with Crippen molar-refractivity contribution in [1.82, 2.24) is 20.3 Å². The van der Waals surface area contributed by atoms with Crippen molar-refractivity contribution >= 4 is 5.91 Å². The van der Waals surface area contributed by atoms with Gasteiger partial charge in [-0.15, -0.1) is 0 Å². The second-order valence-corrected chi connectivity index (χ2v) is 5.52. The lowest BCUT2D eigenvalue weighted by molar-refractivity contribution is 0.0703. The first-order valence-electron chi connectivity index (χ1n) is 7.44. The van der Waals surface area contributed by atoms with Crippen LogP contribution in [0.25, 0.3) is 0 Å². The van der Waals surface area contributed by atoms with Crippen LogP contribution in [-0.2, 0) is 6.42 Å². The molecule has 2 aromatic rings. The molecular formula is C15H20N4O2. The van der Waals surface area contributed by atoms with Crippen molar-refractivity contribution in [2.24, 2.45) is 0 Å². The van der Waals surface area contributed by atoms with Gasteiger partial charge in [-0.05, 0) is 32.3 Å². The van der Waals surface area contributed by atoms with Crippen LogP contribution in [0.4, 0.5) is 0 Å². The van der Waals surface area contributed by atoms with E-state index in [1.54, 1.807) is 13.1 Å². The Morgan fingerprint density at radius 3 is 3.14 bits per heavy atom. The minimum Gasteiger partial charge on any atom is -0.361 e. The summed E-state index contributed by atoms with van der Waals surface area (Å²) in [5.41, 5.74) is 2.49. The van der Waals surface area contributed by atoms with Crippen LogP contribution in [0.3, 0.4) is 0 Å². The summed E-state index contributed by atoms with van der Waals surface area (Å²) in [5.74, 6) is 0.978. The number of hydrogen-bond acceptors (Lipinski definition) is 4. The molecule has 1 aliphatic rings. The Balaban J connectivity index is 1.80. The van der Waals surface area contributed by atoms with E-state index < -0.39 is 0 Å². The van der Waals surface area contributed by atoms with E-state index in [4.69, 9.17) is 4.52 Å². The van der Waals surface area contributed by atoms with Crippen molar-refractivity contribution in [3.8, 4) is 0 Å². The largest absolute Gasteiger partial charge is 0.361 e. The normalized spacial score (nSPS) is 19.0. The van der Waals surface area contributed by atoms with Crippen LogP contribution in [0.5, 0.6) is 0 Å². The third-order valence-corrected chi connectivity index (χ3v) is 4.15. The van der Waals surface area contributed by atoms with E-state index in [0.29, 0.717) is 23.7 Å². The van der Waals surface area contributed by atoms with E-state index in [1.807, 2.05) is 17.9 Å². The molecule has 1 aliphatic heterocycles. The van der Waals surface area contributed by atoms with Gasteiger partial charge in [0.15, 0.2) is 0 Å². The first-order valence-corrected chi connectivity index (χ1v) is 7.44. The van der Waals surface area contributed by atoms with Crippen LogP contribution in [0.1, 0.15) is 53.2 Å². The van der Waals surface area contributed by atoms with Gasteiger partial charge in [-0.25, -0.2) is 0 Å². The van der Waals surface area contributed by atoms with Gasteiger partial charge in [0.2, 0.25) is 0 Å². The van der Waals surface area contributed by atoms with E-state index >= 15 is 0 Å². The summed E-state index contributed by atoms with van der Waals surface area (Å²) in [6.45, 7) is 5.29. The molecule has 1 atom stereocenters. The lowest BCUT2D eigenvalue weighted by Crippen LogP contribution is -2.39. The highest BCUT2D eigenvalue weighted by Crippen LogP contribution is 2.27. The molecule has 0 aromatic carbocycles. The molecule has 1 amide bonds. The first kappa shape index (κ1) is 13.9. The van der Waals surface area contributed by atoms with Gasteiger partial charge >= 0.3 is 0 Å². The van der Waals surface area contributed by atoms with Gasteiger partial charge in [0.05, 0.1) is 5.69 Å². The fourth-order valence-electron chi connectivity index (χ4n) is 3.00. The van der Waals surface area contributed by atoms with Gasteiger partial charge in [0.1, 0.15) is 11.3 Å². The number of carbonyl (C=O) groups excluding carboxylic acids is 1. The van der Waals surface area contributed by atoms with Gasteiger partial charge in [-0.3, -0.25) is 9.89 Å². The van der Waals surface area contributed by atoms with Crippen LogP contribution < -0.4 is 0 Å². The van der Waals surface area contributed by atoms with Crippen LogP contribution in [-0.4, -0.2) is 39.3 Å². The first-order chi connectivity index (χ1) is 10.2. The van der Waals surface area contributed by atoms with Crippen molar-refractivity contribution in [3.63, 3.8) is 0 Å². The van der Waals surface area contributed by atoms with E-state index in [0.717, 1.165) is 37.3 Å². The molecule has 1 saturated heterocycles. The zero-order chi connectivity index (χ0) is 14.8. The molecule has 0 aliphatic carbocycles. The molecule has 0 spiro atoms. The molecule has 1 N–H and O–H groups in total. The molecule has 1 unspecified atom stereocenters. The molecule has 0 bridgehead atoms. The molecular weight excluding hydrogens is 268 g/mol. The van der Waals surface area contributed by atoms with Crippen molar-refractivity contribution in [2.45, 2.75) is 39.0 Å². The molecule has 3 rings (SSSR count).